The molecule has 0 saturated heterocycles. The summed E-state index contributed by atoms with van der Waals surface area (Å²) in [6.45, 7) is 1.95. The lowest BCUT2D eigenvalue weighted by molar-refractivity contribution is 0.0529. The topological polar surface area (TPSA) is 77.2 Å². The first-order valence-electron chi connectivity index (χ1n) is 6.13. The molecule has 1 aromatic carbocycles. The van der Waals surface area contributed by atoms with Gasteiger partial charge >= 0.3 is 5.97 Å². The summed E-state index contributed by atoms with van der Waals surface area (Å²) >= 11 is 0.975. The number of carbonyl (C=O) groups is 1. The minimum atomic E-state index is -0.669. The highest BCUT2D eigenvalue weighted by Crippen LogP contribution is 2.28. The summed E-state index contributed by atoms with van der Waals surface area (Å²) in [5.74, 6) is -1.85. The van der Waals surface area contributed by atoms with Crippen LogP contribution in [0.1, 0.15) is 22.8 Å². The molecule has 0 unspecified atom stereocenters. The Bertz CT molecular complexity index is 661. The predicted molar refractivity (Wildman–Crippen MR) is 76.2 cm³/mol. The van der Waals surface area contributed by atoms with Crippen LogP contribution in [0.5, 0.6) is 0 Å². The van der Waals surface area contributed by atoms with Gasteiger partial charge in [0.05, 0.1) is 6.61 Å². The van der Waals surface area contributed by atoms with Crippen molar-refractivity contribution in [3.05, 3.63) is 41.0 Å². The molecular weight excluding hydrogens is 300 g/mol. The first kappa shape index (κ1) is 15.2. The number of rotatable bonds is 5. The van der Waals surface area contributed by atoms with Crippen molar-refractivity contribution < 1.29 is 18.3 Å². The summed E-state index contributed by atoms with van der Waals surface area (Å²) in [5.41, 5.74) is 6.02. The van der Waals surface area contributed by atoms with E-state index in [1.54, 1.807) is 6.92 Å². The van der Waals surface area contributed by atoms with Gasteiger partial charge in [-0.1, -0.05) is 6.07 Å². The van der Waals surface area contributed by atoms with Gasteiger partial charge in [0, 0.05) is 18.2 Å². The number of anilines is 2. The van der Waals surface area contributed by atoms with Crippen molar-refractivity contribution in [3.8, 4) is 0 Å². The van der Waals surface area contributed by atoms with Gasteiger partial charge in [-0.05, 0) is 24.5 Å². The Balaban J connectivity index is 2.15. The van der Waals surface area contributed by atoms with E-state index in [1.165, 1.54) is 6.07 Å². The van der Waals surface area contributed by atoms with Crippen LogP contribution < -0.4 is 11.1 Å². The number of benzene rings is 1. The largest absolute Gasteiger partial charge is 0.462 e. The molecule has 2 rings (SSSR count). The molecule has 1 aromatic heterocycles. The van der Waals surface area contributed by atoms with Gasteiger partial charge in [0.2, 0.25) is 0 Å². The Morgan fingerprint density at radius 3 is 2.90 bits per heavy atom. The van der Waals surface area contributed by atoms with Gasteiger partial charge in [0.15, 0.2) is 5.82 Å². The zero-order chi connectivity index (χ0) is 15.4. The van der Waals surface area contributed by atoms with Crippen molar-refractivity contribution in [2.45, 2.75) is 13.5 Å². The first-order chi connectivity index (χ1) is 10.0. The van der Waals surface area contributed by atoms with Gasteiger partial charge < -0.3 is 15.8 Å². The van der Waals surface area contributed by atoms with Crippen LogP contribution in [-0.4, -0.2) is 16.9 Å². The highest BCUT2D eigenvalue weighted by molar-refractivity contribution is 7.11. The van der Waals surface area contributed by atoms with Crippen molar-refractivity contribution in [1.29, 1.82) is 0 Å². The second-order valence-electron chi connectivity index (χ2n) is 4.08. The van der Waals surface area contributed by atoms with E-state index in [0.29, 0.717) is 5.00 Å². The van der Waals surface area contributed by atoms with Crippen LogP contribution in [0.3, 0.4) is 0 Å². The number of aromatic nitrogens is 1. The van der Waals surface area contributed by atoms with E-state index in [9.17, 15) is 13.6 Å². The fourth-order valence-corrected chi connectivity index (χ4v) is 2.36. The molecule has 0 amide bonds. The second kappa shape index (κ2) is 6.49. The fourth-order valence-electron chi connectivity index (χ4n) is 1.66. The monoisotopic (exact) mass is 313 g/mol. The maximum absolute atomic E-state index is 13.5. The summed E-state index contributed by atoms with van der Waals surface area (Å²) < 4.78 is 35.1. The Morgan fingerprint density at radius 2 is 2.24 bits per heavy atom. The number of esters is 1. The summed E-state index contributed by atoms with van der Waals surface area (Å²) in [5, 5.41) is 3.25. The average Bonchev–Trinajstić information content (AvgIpc) is 2.79. The zero-order valence-corrected chi connectivity index (χ0v) is 12.0. The molecule has 0 aliphatic rings. The zero-order valence-electron chi connectivity index (χ0n) is 11.2. The Labute approximate surface area is 123 Å². The van der Waals surface area contributed by atoms with E-state index >= 15 is 0 Å². The third-order valence-electron chi connectivity index (χ3n) is 2.65. The number of hydrogen-bond donors (Lipinski definition) is 2. The smallest absolute Gasteiger partial charge is 0.344 e. The number of ether oxygens (including phenoxy) is 1. The second-order valence-corrected chi connectivity index (χ2v) is 4.86. The number of nitrogens with one attached hydrogen (secondary N) is 1. The van der Waals surface area contributed by atoms with Crippen LogP contribution in [0.2, 0.25) is 0 Å². The van der Waals surface area contributed by atoms with Crippen LogP contribution in [0, 0.1) is 11.6 Å². The fraction of sp³-hybridized carbons (Fsp3) is 0.231. The van der Waals surface area contributed by atoms with E-state index in [0.717, 1.165) is 23.7 Å². The third kappa shape index (κ3) is 3.46. The predicted octanol–water partition coefficient (Wildman–Crippen LogP) is 2.79. The van der Waals surface area contributed by atoms with E-state index in [-0.39, 0.29) is 30.1 Å². The summed E-state index contributed by atoms with van der Waals surface area (Å²) in [7, 11) is 0. The molecule has 1 heterocycles. The molecule has 0 bridgehead atoms. The molecule has 0 spiro atoms. The quantitative estimate of drug-likeness (QED) is 0.830. The standard InChI is InChI=1S/C13H13F2N3O2S/c1-2-20-13(19)10-11(16)18-21-12(10)17-6-7-3-4-8(14)5-9(7)15/h3-5,17H,2,6H2,1H3,(H2,16,18). The van der Waals surface area contributed by atoms with Gasteiger partial charge in [0.1, 0.15) is 22.2 Å². The van der Waals surface area contributed by atoms with E-state index < -0.39 is 17.6 Å². The number of nitrogens with two attached hydrogens (primary N) is 1. The molecule has 0 aliphatic carbocycles. The molecule has 0 atom stereocenters. The lowest BCUT2D eigenvalue weighted by Crippen LogP contribution is -2.10. The highest BCUT2D eigenvalue weighted by Gasteiger charge is 2.20. The van der Waals surface area contributed by atoms with Crippen molar-refractivity contribution in [2.24, 2.45) is 0 Å². The SMILES string of the molecule is CCOC(=O)c1c(N)nsc1NCc1ccc(F)cc1F. The molecule has 2 aromatic rings. The molecule has 8 heteroatoms. The molecule has 3 N–H and O–H groups in total. The van der Waals surface area contributed by atoms with Gasteiger partial charge in [-0.3, -0.25) is 0 Å². The number of halogens is 2. The average molecular weight is 313 g/mol. The Kier molecular flexibility index (Phi) is 4.69. The number of hydrogen-bond acceptors (Lipinski definition) is 6. The van der Waals surface area contributed by atoms with E-state index in [2.05, 4.69) is 9.69 Å². The van der Waals surface area contributed by atoms with E-state index in [4.69, 9.17) is 10.5 Å². The molecule has 5 nitrogen and oxygen atoms in total. The molecule has 0 fully saturated rings. The lowest BCUT2D eigenvalue weighted by Gasteiger charge is -2.07. The highest BCUT2D eigenvalue weighted by atomic mass is 32.1. The maximum Gasteiger partial charge on any atom is 0.344 e. The summed E-state index contributed by atoms with van der Waals surface area (Å²) in [6.07, 6.45) is 0. The van der Waals surface area contributed by atoms with Crippen LogP contribution in [0.25, 0.3) is 0 Å². The molecular formula is C13H13F2N3O2S. The normalized spacial score (nSPS) is 10.4. The van der Waals surface area contributed by atoms with E-state index in [1.807, 2.05) is 0 Å². The van der Waals surface area contributed by atoms with Gasteiger partial charge in [-0.2, -0.15) is 4.37 Å². The van der Waals surface area contributed by atoms with Crippen molar-refractivity contribution >= 4 is 28.3 Å². The maximum atomic E-state index is 13.5. The van der Waals surface area contributed by atoms with Gasteiger partial charge in [-0.25, -0.2) is 13.6 Å². The number of carbonyl (C=O) groups excluding carboxylic acids is 1. The van der Waals surface area contributed by atoms with Crippen molar-refractivity contribution in [2.75, 3.05) is 17.7 Å². The van der Waals surface area contributed by atoms with Crippen LogP contribution in [0.15, 0.2) is 18.2 Å². The summed E-state index contributed by atoms with van der Waals surface area (Å²) in [6, 6.07) is 3.28. The Hall–Kier alpha value is -2.22. The Morgan fingerprint density at radius 1 is 1.48 bits per heavy atom. The minimum absolute atomic E-state index is 0.0560. The van der Waals surface area contributed by atoms with Crippen LogP contribution in [0.4, 0.5) is 19.6 Å². The molecule has 21 heavy (non-hydrogen) atoms. The lowest BCUT2D eigenvalue weighted by atomic mass is 10.2. The van der Waals surface area contributed by atoms with Gasteiger partial charge in [0.25, 0.3) is 0 Å². The number of nitrogen functional groups attached to an aromatic ring is 1. The summed E-state index contributed by atoms with van der Waals surface area (Å²) in [4.78, 5) is 11.8. The van der Waals surface area contributed by atoms with Crippen molar-refractivity contribution in [1.82, 2.24) is 4.37 Å². The molecule has 0 saturated carbocycles. The minimum Gasteiger partial charge on any atom is -0.462 e. The van der Waals surface area contributed by atoms with Crippen LogP contribution in [-0.2, 0) is 11.3 Å². The van der Waals surface area contributed by atoms with Crippen molar-refractivity contribution in [3.63, 3.8) is 0 Å². The first-order valence-corrected chi connectivity index (χ1v) is 6.90. The molecule has 0 radical (unpaired) electrons. The van der Waals surface area contributed by atoms with Crippen LogP contribution >= 0.6 is 11.5 Å². The third-order valence-corrected chi connectivity index (χ3v) is 3.47. The number of nitrogens with zero attached hydrogens (tertiary/aromatic N) is 1. The molecule has 112 valence electrons. The van der Waals surface area contributed by atoms with Gasteiger partial charge in [-0.15, -0.1) is 0 Å². The molecule has 0 aliphatic heterocycles.